The Morgan fingerprint density at radius 3 is 1.66 bits per heavy atom. The fraction of sp³-hybridized carbons (Fsp3) is 0.471. The van der Waals surface area contributed by atoms with Gasteiger partial charge in [-0.1, -0.05) is 66.0 Å². The maximum absolute atomic E-state index is 14.0. The number of halogens is 3. The first-order valence-corrected chi connectivity index (χ1v) is 51.2. The Morgan fingerprint density at radius 1 is 0.566 bits per heavy atom. The Morgan fingerprint density at radius 2 is 1.07 bits per heavy atom. The molecule has 28 nitrogen and oxygen atoms in total. The molecule has 2 aliphatic carbocycles. The predicted molar refractivity (Wildman–Crippen MR) is 498 cm³/mol. The van der Waals surface area contributed by atoms with Crippen LogP contribution in [0.4, 0.5) is 69.2 Å². The number of hydrogen-bond donors (Lipinski definition) is 7. The van der Waals surface area contributed by atoms with Gasteiger partial charge in [0.1, 0.15) is 60.3 Å². The molecule has 122 heavy (non-hydrogen) atoms. The highest BCUT2D eigenvalue weighted by Gasteiger charge is 2.48. The van der Waals surface area contributed by atoms with Gasteiger partial charge in [-0.25, -0.2) is 23.4 Å². The molecule has 5 aliphatic heterocycles. The Labute approximate surface area is 732 Å². The van der Waals surface area contributed by atoms with Crippen molar-refractivity contribution < 1.29 is 45.9 Å². The monoisotopic (exact) mass is 1800 g/mol. The van der Waals surface area contributed by atoms with E-state index in [-0.39, 0.29) is 51.4 Å². The van der Waals surface area contributed by atoms with Crippen LogP contribution in [0.1, 0.15) is 58.4 Å². The summed E-state index contributed by atoms with van der Waals surface area (Å²) < 4.78 is 88.8. The number of pyridine rings is 1. The number of nitrogens with zero attached hydrogens (tertiary/aromatic N) is 11. The maximum atomic E-state index is 14.0. The molecule has 8 heterocycles. The molecule has 8 aromatic rings. The van der Waals surface area contributed by atoms with E-state index < -0.39 is 36.5 Å². The largest absolute Gasteiger partial charge is 0.495 e. The average Bonchev–Trinajstić information content (AvgIpc) is 1.54. The Hall–Kier alpha value is -8.27. The number of primary amides is 1. The van der Waals surface area contributed by atoms with Crippen LogP contribution in [0.25, 0.3) is 0 Å². The zero-order chi connectivity index (χ0) is 87.0. The molecule has 1 saturated carbocycles. The zero-order valence-electron chi connectivity index (χ0n) is 71.7. The number of nitrogens with two attached hydrogens (primary N) is 1. The summed E-state index contributed by atoms with van der Waals surface area (Å²) in [5.74, 6) is 4.03. The highest BCUT2D eigenvalue weighted by Crippen LogP contribution is 2.51. The number of amides is 1. The van der Waals surface area contributed by atoms with Gasteiger partial charge in [-0.15, -0.1) is 0 Å². The van der Waals surface area contributed by atoms with E-state index in [1.54, 1.807) is 85.0 Å². The van der Waals surface area contributed by atoms with Crippen LogP contribution >= 0.6 is 56.2 Å². The number of piperazine rings is 1. The average molecular weight is 1810 g/mol. The van der Waals surface area contributed by atoms with E-state index in [1.165, 1.54) is 64.0 Å². The summed E-state index contributed by atoms with van der Waals surface area (Å²) in [6.45, 7) is 24.2. The van der Waals surface area contributed by atoms with Gasteiger partial charge in [0, 0.05) is 142 Å². The highest BCUT2D eigenvalue weighted by molar-refractivity contribution is 7.92. The standard InChI is InChI=1S/C35H49ClN7O3P.C29H39ClN7O3P.C23H28ClN4O4PS/c1-5-41-18-20-47(44,21-19-41)28-7-9-30(34(23-28)46-4)38-32-24-35(37-25-29(32)36)39-31-8-6-27(22-33(31)45-3)42-12-10-26(11-13-42)43-16-14-40(2)15-17-43;1-36-9-7-20(8-10-36)37-11-13-41(39,14-12-37)21-5-6-23(24(16-21)40-2)33-29-32-17-22(30)28(35-29)34-26-19-4-3-18(15-19)25(26)27(31)38;1-14(2)34(30,31)21-10-8-7-9-17(21)26-22-16(24)13-25-23(28-22)27-18-11-15(3)20(33(5,6)29)12-19(18)32-4/h6-9,22-26H,5,10-21H2,1-4H3,(H2,37,38,39);3-6,16-20,25-26H,7-15H2,1-2H3,(H2,31,38)(H2,32,33,34,35);7-14H,1-6H3,(H2,25,26,27,28). The van der Waals surface area contributed by atoms with Crippen LogP contribution in [-0.4, -0.2) is 253 Å². The summed E-state index contributed by atoms with van der Waals surface area (Å²) >= 11 is 19.4. The van der Waals surface area contributed by atoms with Crippen molar-refractivity contribution in [2.45, 2.75) is 88.1 Å². The van der Waals surface area contributed by atoms with Gasteiger partial charge in [-0.2, -0.15) is 9.97 Å². The summed E-state index contributed by atoms with van der Waals surface area (Å²) in [5, 5.41) is 22.5. The van der Waals surface area contributed by atoms with E-state index >= 15 is 0 Å². The number of carbonyl (C=O) groups is 1. The smallest absolute Gasteiger partial charge is 0.229 e. The highest BCUT2D eigenvalue weighted by atomic mass is 35.5. The van der Waals surface area contributed by atoms with Crippen molar-refractivity contribution >= 4 is 157 Å². The fourth-order valence-electron chi connectivity index (χ4n) is 17.4. The number of sulfone groups is 1. The fourth-order valence-corrected chi connectivity index (χ4v) is 25.6. The van der Waals surface area contributed by atoms with Crippen molar-refractivity contribution in [1.29, 1.82) is 0 Å². The number of nitrogens with one attached hydrogen (secondary N) is 6. The number of fused-ring (bicyclic) bond motifs is 2. The molecule has 7 aliphatic rings. The number of anilines is 12. The lowest BCUT2D eigenvalue weighted by Gasteiger charge is -2.42. The molecule has 0 radical (unpaired) electrons. The molecule has 1 amide bonds. The van der Waals surface area contributed by atoms with Crippen LogP contribution in [0, 0.1) is 24.7 Å². The van der Waals surface area contributed by atoms with Crippen LogP contribution in [0.2, 0.25) is 15.1 Å². The number of methoxy groups -OCH3 is 4. The van der Waals surface area contributed by atoms with Crippen LogP contribution in [0.5, 0.6) is 23.0 Å². The van der Waals surface area contributed by atoms with Gasteiger partial charge in [0.05, 0.1) is 102 Å². The Balaban J connectivity index is 0.000000160. The maximum Gasteiger partial charge on any atom is 0.229 e. The van der Waals surface area contributed by atoms with E-state index in [2.05, 4.69) is 138 Å². The number of ether oxygens (including phenoxy) is 4. The summed E-state index contributed by atoms with van der Waals surface area (Å²) in [4.78, 5) is 49.3. The number of carbonyl (C=O) groups excluding carboxylic acids is 1. The quantitative estimate of drug-likeness (QED) is 0.0196. The lowest BCUT2D eigenvalue weighted by Crippen LogP contribution is -2.52. The predicted octanol–water partition coefficient (Wildman–Crippen LogP) is 14.5. The topological polar surface area (TPSA) is 321 Å². The van der Waals surface area contributed by atoms with E-state index in [0.29, 0.717) is 104 Å². The number of aryl methyl sites for hydroxylation is 1. The third kappa shape index (κ3) is 21.6. The van der Waals surface area contributed by atoms with Crippen molar-refractivity contribution in [1.82, 2.24) is 49.4 Å². The van der Waals surface area contributed by atoms with Crippen molar-refractivity contribution in [2.75, 3.05) is 202 Å². The van der Waals surface area contributed by atoms with Crippen molar-refractivity contribution in [3.8, 4) is 23.0 Å². The first-order valence-electron chi connectivity index (χ1n) is 41.8. The van der Waals surface area contributed by atoms with E-state index in [1.807, 2.05) is 55.5 Å². The zero-order valence-corrected chi connectivity index (χ0v) is 77.5. The number of likely N-dealkylation sites (N-methyl/N-ethyl adjacent to an activating group) is 1. The van der Waals surface area contributed by atoms with E-state index in [0.717, 1.165) is 117 Å². The molecule has 4 unspecified atom stereocenters. The van der Waals surface area contributed by atoms with Crippen molar-refractivity contribution in [3.05, 3.63) is 148 Å². The van der Waals surface area contributed by atoms with Gasteiger partial charge in [0.25, 0.3) is 0 Å². The number of allylic oxidation sites excluding steroid dienone is 1. The second-order valence-corrected chi connectivity index (χ2v) is 46.4. The first kappa shape index (κ1) is 91.4. The molecular weight excluding hydrogens is 1690 g/mol. The van der Waals surface area contributed by atoms with Crippen LogP contribution < -0.4 is 77.4 Å². The molecule has 6 fully saturated rings. The number of likely N-dealkylation sites (tertiary alicyclic amines) is 1. The Kier molecular flexibility index (Phi) is 29.9. The van der Waals surface area contributed by atoms with Crippen LogP contribution in [-0.2, 0) is 28.3 Å². The number of para-hydroxylation sites is 1. The normalized spacial score (nSPS) is 20.4. The van der Waals surface area contributed by atoms with E-state index in [9.17, 15) is 26.9 Å². The van der Waals surface area contributed by atoms with Gasteiger partial charge in [0.15, 0.2) is 21.5 Å². The van der Waals surface area contributed by atoms with Crippen molar-refractivity contribution in [3.63, 3.8) is 0 Å². The molecule has 656 valence electrons. The number of aromatic nitrogens is 5. The summed E-state index contributed by atoms with van der Waals surface area (Å²) in [5.41, 5.74) is 11.6. The van der Waals surface area contributed by atoms with Gasteiger partial charge in [-0.3, -0.25) is 14.6 Å². The van der Waals surface area contributed by atoms with Gasteiger partial charge >= 0.3 is 0 Å². The molecule has 2 bridgehead atoms. The van der Waals surface area contributed by atoms with Gasteiger partial charge < -0.3 is 89.9 Å². The van der Waals surface area contributed by atoms with Gasteiger partial charge in [0.2, 0.25) is 17.8 Å². The summed E-state index contributed by atoms with van der Waals surface area (Å²) in [7, 11) is -0.157. The summed E-state index contributed by atoms with van der Waals surface area (Å²) in [6.07, 6.45) is 17.2. The van der Waals surface area contributed by atoms with Crippen molar-refractivity contribution in [2.24, 2.45) is 23.5 Å². The molecule has 5 aromatic carbocycles. The molecule has 5 saturated heterocycles. The number of piperidine rings is 2. The first-order chi connectivity index (χ1) is 58.4. The third-order valence-electron chi connectivity index (χ3n) is 24.7. The minimum atomic E-state index is -3.53. The number of benzene rings is 5. The Bertz CT molecular complexity index is 5340. The lowest BCUT2D eigenvalue weighted by atomic mass is 9.88. The second-order valence-electron chi connectivity index (χ2n) is 33.2. The number of hydrogen-bond acceptors (Lipinski definition) is 27. The minimum absolute atomic E-state index is 0.143. The second kappa shape index (κ2) is 39.9. The molecule has 8 N–H and O–H groups in total. The van der Waals surface area contributed by atoms with Crippen LogP contribution in [0.3, 0.4) is 0 Å². The molecule has 35 heteroatoms. The summed E-state index contributed by atoms with van der Waals surface area (Å²) in [6, 6.07) is 31.0. The molecular formula is C87H116Cl3N18O10P3S. The van der Waals surface area contributed by atoms with Gasteiger partial charge in [-0.05, 0) is 190 Å². The lowest BCUT2D eigenvalue weighted by molar-refractivity contribution is -0.122. The molecule has 4 atom stereocenters. The molecule has 0 spiro atoms. The minimum Gasteiger partial charge on any atom is -0.495 e. The van der Waals surface area contributed by atoms with E-state index in [4.69, 9.17) is 59.5 Å². The number of rotatable bonds is 26. The molecule has 3 aromatic heterocycles. The SMILES string of the molecule is CCN1CCP(=O)(c2ccc(Nc3cc(Nc4ccc(N5CCC(N6CCN(C)CC6)CC5)cc4OC)ncc3Cl)c(OC)c2)CC1.COc1cc(P(C)(C)=O)c(C)cc1Nc1ncc(Cl)c(Nc2ccccc2S(=O)(=O)C(C)C)n1.COc1cc(P2(=O)CCN(C3CCN(C)CC3)CC2)ccc1Nc1ncc(Cl)c(NC2C3C=CC(C3)C2C(N)=O)n1. The van der Waals surface area contributed by atoms with Crippen LogP contribution in [0.15, 0.2) is 133 Å². The third-order valence-corrected chi connectivity index (χ3v) is 35.5. The molecule has 15 rings (SSSR count).